The lowest BCUT2D eigenvalue weighted by molar-refractivity contribution is 0.446. The smallest absolute Gasteiger partial charge is 0.149 e. The van der Waals surface area contributed by atoms with Gasteiger partial charge in [0, 0.05) is 29.8 Å². The average molecular weight is 867 g/mol. The highest BCUT2D eigenvalue weighted by Gasteiger charge is 2.30. The number of nitrogens with zero attached hydrogens (tertiary/aromatic N) is 3. The SMILES string of the molecule is [2H]c1nc(-c2cc(-c3cccc4c3nc(-c3cc(C(C)(C)C)cc(C(C)(C)C)c3O)n4-c3ccc(C([2H])(C)C)cc3-c3ccc(C(C)(C)C)cc3)cc(C(C)(C)C)c2)c([2H])c(-c2c([2H])c([2H])c([2H])c([2H])c2[2H])c1[2H]. The second kappa shape index (κ2) is 16.6. The van der Waals surface area contributed by atoms with Crippen molar-refractivity contribution in [1.29, 1.82) is 0 Å². The molecule has 2 heterocycles. The molecule has 0 saturated heterocycles. The molecule has 0 spiro atoms. The lowest BCUT2D eigenvalue weighted by Crippen LogP contribution is -2.17. The van der Waals surface area contributed by atoms with Gasteiger partial charge in [0.25, 0.3) is 0 Å². The van der Waals surface area contributed by atoms with E-state index < -0.39 is 59.2 Å². The molecule has 0 unspecified atom stereocenters. The van der Waals surface area contributed by atoms with E-state index >= 15 is 0 Å². The third-order valence-electron chi connectivity index (χ3n) is 12.3. The minimum Gasteiger partial charge on any atom is -0.507 e. The van der Waals surface area contributed by atoms with Crippen LogP contribution in [0.4, 0.5) is 0 Å². The summed E-state index contributed by atoms with van der Waals surface area (Å²) in [5, 5.41) is 12.6. The molecule has 0 aliphatic rings. The van der Waals surface area contributed by atoms with Gasteiger partial charge >= 0.3 is 0 Å². The van der Waals surface area contributed by atoms with Crippen molar-refractivity contribution in [2.24, 2.45) is 0 Å². The van der Waals surface area contributed by atoms with Crippen LogP contribution in [0.5, 0.6) is 5.75 Å². The molecular weight excluding hydrogens is 791 g/mol. The number of imidazole rings is 1. The molecule has 8 rings (SSSR count). The summed E-state index contributed by atoms with van der Waals surface area (Å²) >= 11 is 0. The van der Waals surface area contributed by atoms with E-state index in [2.05, 4.69) is 135 Å². The molecule has 4 nitrogen and oxygen atoms in total. The van der Waals surface area contributed by atoms with Crippen molar-refractivity contribution in [2.75, 3.05) is 0 Å². The second-order valence-electron chi connectivity index (χ2n) is 21.7. The van der Waals surface area contributed by atoms with E-state index in [9.17, 15) is 6.48 Å². The summed E-state index contributed by atoms with van der Waals surface area (Å²) in [6.45, 7) is 29.2. The summed E-state index contributed by atoms with van der Waals surface area (Å²) < 4.78 is 81.2. The van der Waals surface area contributed by atoms with Gasteiger partial charge in [0.2, 0.25) is 0 Å². The van der Waals surface area contributed by atoms with Gasteiger partial charge in [-0.3, -0.25) is 9.55 Å². The van der Waals surface area contributed by atoms with Crippen molar-refractivity contribution >= 4 is 11.0 Å². The first-order valence-corrected chi connectivity index (χ1v) is 22.5. The molecule has 2 aromatic heterocycles. The summed E-state index contributed by atoms with van der Waals surface area (Å²) in [6, 6.07) is 26.8. The predicted octanol–water partition coefficient (Wildman–Crippen LogP) is 16.8. The number of aromatic hydroxyl groups is 1. The van der Waals surface area contributed by atoms with Crippen LogP contribution in [-0.4, -0.2) is 19.6 Å². The number of hydrogen-bond donors (Lipinski definition) is 1. The van der Waals surface area contributed by atoms with E-state index in [1.165, 1.54) is 5.56 Å². The van der Waals surface area contributed by atoms with Crippen LogP contribution < -0.4 is 0 Å². The number of benzene rings is 6. The fraction of sp³-hybridized carbons (Fsp3) is 0.311. The Morgan fingerprint density at radius 2 is 1.22 bits per heavy atom. The molecule has 0 radical (unpaired) electrons. The summed E-state index contributed by atoms with van der Waals surface area (Å²) in [7, 11) is 0. The zero-order valence-corrected chi connectivity index (χ0v) is 40.4. The third kappa shape index (κ3) is 9.06. The van der Waals surface area contributed by atoms with Gasteiger partial charge in [0.05, 0.1) is 38.9 Å². The van der Waals surface area contributed by atoms with E-state index in [1.807, 2.05) is 62.4 Å². The van der Waals surface area contributed by atoms with Gasteiger partial charge in [-0.25, -0.2) is 4.98 Å². The maximum absolute atomic E-state index is 12.6. The lowest BCUT2D eigenvalue weighted by atomic mass is 9.79. The van der Waals surface area contributed by atoms with Gasteiger partial charge < -0.3 is 5.11 Å². The normalized spacial score (nSPS) is 14.8. The molecule has 8 aromatic rings. The van der Waals surface area contributed by atoms with E-state index in [0.717, 1.165) is 50.1 Å². The van der Waals surface area contributed by atoms with Gasteiger partial charge in [-0.15, -0.1) is 0 Å². The number of fused-ring (bicyclic) bond motifs is 1. The van der Waals surface area contributed by atoms with Crippen LogP contribution >= 0.6 is 0 Å². The van der Waals surface area contributed by atoms with Crippen molar-refractivity contribution in [3.63, 3.8) is 0 Å². The zero-order chi connectivity index (χ0) is 54.7. The maximum atomic E-state index is 12.6. The zero-order valence-electron chi connectivity index (χ0n) is 49.4. The predicted molar refractivity (Wildman–Crippen MR) is 277 cm³/mol. The molecule has 65 heavy (non-hydrogen) atoms. The van der Waals surface area contributed by atoms with E-state index in [0.29, 0.717) is 28.0 Å². The van der Waals surface area contributed by atoms with Gasteiger partial charge in [0.1, 0.15) is 11.6 Å². The van der Waals surface area contributed by atoms with Gasteiger partial charge in [-0.2, -0.15) is 0 Å². The highest BCUT2D eigenvalue weighted by Crippen LogP contribution is 2.46. The molecule has 332 valence electrons. The van der Waals surface area contributed by atoms with Gasteiger partial charge in [-0.1, -0.05) is 182 Å². The Hall–Kier alpha value is -6.26. The fourth-order valence-electron chi connectivity index (χ4n) is 8.30. The Morgan fingerprint density at radius 3 is 1.85 bits per heavy atom. The van der Waals surface area contributed by atoms with Crippen molar-refractivity contribution in [3.05, 3.63) is 167 Å². The first-order chi connectivity index (χ1) is 34.1. The minimum absolute atomic E-state index is 0.0108. The number of aromatic nitrogens is 3. The summed E-state index contributed by atoms with van der Waals surface area (Å²) in [4.78, 5) is 10.1. The molecule has 0 bridgehead atoms. The minimum atomic E-state index is -0.923. The molecular formula is C61H67N3O. The molecule has 0 atom stereocenters. The summed E-state index contributed by atoms with van der Waals surface area (Å²) in [5.41, 5.74) is 9.12. The highest BCUT2D eigenvalue weighted by molar-refractivity contribution is 5.98. The summed E-state index contributed by atoms with van der Waals surface area (Å²) in [6.07, 6.45) is -0.512. The number of rotatable bonds is 7. The molecule has 0 aliphatic heterocycles. The first-order valence-electron chi connectivity index (χ1n) is 27.0. The van der Waals surface area contributed by atoms with Crippen molar-refractivity contribution < 1.29 is 17.4 Å². The van der Waals surface area contributed by atoms with Crippen LogP contribution in [-0.2, 0) is 21.7 Å². The van der Waals surface area contributed by atoms with E-state index in [4.69, 9.17) is 16.0 Å². The Bertz CT molecular complexity index is 3530. The fourth-order valence-corrected chi connectivity index (χ4v) is 8.30. The molecule has 0 aliphatic carbocycles. The molecule has 6 aromatic carbocycles. The summed E-state index contributed by atoms with van der Waals surface area (Å²) in [5.74, 6) is -0.302. The van der Waals surface area contributed by atoms with Gasteiger partial charge in [-0.05, 0) is 121 Å². The highest BCUT2D eigenvalue weighted by atomic mass is 16.3. The first kappa shape index (κ1) is 35.1. The Balaban J connectivity index is 1.50. The molecule has 0 amide bonds. The molecule has 4 heteroatoms. The van der Waals surface area contributed by atoms with Crippen LogP contribution in [0.3, 0.4) is 0 Å². The van der Waals surface area contributed by atoms with Crippen LogP contribution in [0.1, 0.15) is 143 Å². The quantitative estimate of drug-likeness (QED) is 0.174. The van der Waals surface area contributed by atoms with Crippen LogP contribution in [0.15, 0.2) is 139 Å². The number of para-hydroxylation sites is 1. The maximum Gasteiger partial charge on any atom is 0.149 e. The van der Waals surface area contributed by atoms with E-state index in [1.54, 1.807) is 0 Å². The average Bonchev–Trinajstić information content (AvgIpc) is 3.70. The Labute approximate surface area is 401 Å². The van der Waals surface area contributed by atoms with Crippen molar-refractivity contribution in [2.45, 2.75) is 124 Å². The second-order valence-corrected chi connectivity index (χ2v) is 21.7. The monoisotopic (exact) mass is 867 g/mol. The van der Waals surface area contributed by atoms with Crippen LogP contribution in [0.2, 0.25) is 0 Å². The number of hydrogen-bond acceptors (Lipinski definition) is 3. The number of pyridine rings is 1. The van der Waals surface area contributed by atoms with Crippen molar-refractivity contribution in [1.82, 2.24) is 14.5 Å². The molecule has 0 fully saturated rings. The topological polar surface area (TPSA) is 50.9 Å². The van der Waals surface area contributed by atoms with Crippen molar-refractivity contribution in [3.8, 4) is 67.5 Å². The largest absolute Gasteiger partial charge is 0.507 e. The standard InChI is InChI=1S/C61H67N3O/c1-38(2)41-25-28-53(49(34-41)40-23-26-45(27-24-40)58(3,4)5)64-54-22-18-21-48(55(54)63-57(64)50-36-47(60(9,10)11)37-51(56(50)65)61(12,13)14)43-31-44(33-46(32-43)59(6,7)8)52-35-42(29-30-62-52)39-19-16-15-17-20-39/h15-38,65H,1-14H3/i15D,16D,17D,19D,20D,29D,30D,35D,38D. The van der Waals surface area contributed by atoms with Crippen LogP contribution in [0.25, 0.3) is 72.7 Å². The number of phenols is 1. The molecule has 1 N–H and O–H groups in total. The van der Waals surface area contributed by atoms with Crippen LogP contribution in [0, 0.1) is 0 Å². The van der Waals surface area contributed by atoms with E-state index in [-0.39, 0.29) is 39.4 Å². The lowest BCUT2D eigenvalue weighted by Gasteiger charge is -2.27. The number of phenolic OH excluding ortho intramolecular Hbond substituents is 1. The third-order valence-corrected chi connectivity index (χ3v) is 12.3. The molecule has 0 saturated carbocycles. The Morgan fingerprint density at radius 1 is 0.569 bits per heavy atom. The Kier molecular flexibility index (Phi) is 8.97. The van der Waals surface area contributed by atoms with Gasteiger partial charge in [0.15, 0.2) is 0 Å².